The summed E-state index contributed by atoms with van der Waals surface area (Å²) in [7, 11) is 0. The molecule has 7 nitrogen and oxygen atoms in total. The summed E-state index contributed by atoms with van der Waals surface area (Å²) in [6.07, 6.45) is 4.94. The first-order chi connectivity index (χ1) is 10.2. The fourth-order valence-corrected chi connectivity index (χ4v) is 1.79. The Morgan fingerprint density at radius 2 is 1.81 bits per heavy atom. The van der Waals surface area contributed by atoms with Crippen molar-refractivity contribution in [2.45, 2.75) is 6.92 Å². The number of hydrogen-bond donors (Lipinski definition) is 1. The minimum atomic E-state index is -0.187. The Morgan fingerprint density at radius 3 is 2.48 bits per heavy atom. The molecule has 7 heteroatoms. The Kier molecular flexibility index (Phi) is 3.38. The van der Waals surface area contributed by atoms with Crippen molar-refractivity contribution in [1.29, 1.82) is 0 Å². The molecule has 3 aromatic rings. The second-order valence-corrected chi connectivity index (χ2v) is 4.30. The van der Waals surface area contributed by atoms with Crippen LogP contribution in [0.2, 0.25) is 0 Å². The van der Waals surface area contributed by atoms with Crippen LogP contribution in [0.4, 0.5) is 0 Å². The molecule has 0 radical (unpaired) electrons. The Bertz CT molecular complexity index is 753. The summed E-state index contributed by atoms with van der Waals surface area (Å²) in [5, 5.41) is 9.82. The number of aromatic amines is 1. The van der Waals surface area contributed by atoms with Gasteiger partial charge in [-0.1, -0.05) is 22.4 Å². The van der Waals surface area contributed by atoms with Crippen LogP contribution in [0.3, 0.4) is 0 Å². The van der Waals surface area contributed by atoms with Gasteiger partial charge in [-0.3, -0.25) is 9.89 Å². The average Bonchev–Trinajstić information content (AvgIpc) is 2.97. The van der Waals surface area contributed by atoms with Crippen LogP contribution in [-0.4, -0.2) is 31.2 Å². The van der Waals surface area contributed by atoms with E-state index in [1.165, 1.54) is 13.3 Å². The molecule has 0 unspecified atom stereocenters. The largest absolute Gasteiger partial charge is 0.436 e. The quantitative estimate of drug-likeness (QED) is 0.737. The Hall–Kier alpha value is -3.09. The lowest BCUT2D eigenvalue weighted by Gasteiger charge is -2.04. The number of ketones is 1. The Labute approximate surface area is 120 Å². The van der Waals surface area contributed by atoms with E-state index in [-0.39, 0.29) is 17.4 Å². The van der Waals surface area contributed by atoms with Gasteiger partial charge in [0.2, 0.25) is 0 Å². The van der Waals surface area contributed by atoms with Crippen molar-refractivity contribution in [3.63, 3.8) is 0 Å². The lowest BCUT2D eigenvalue weighted by atomic mass is 10.1. The van der Waals surface area contributed by atoms with Gasteiger partial charge >= 0.3 is 0 Å². The van der Waals surface area contributed by atoms with E-state index in [9.17, 15) is 4.79 Å². The highest BCUT2D eigenvalue weighted by molar-refractivity contribution is 5.94. The second-order valence-electron chi connectivity index (χ2n) is 4.30. The molecule has 0 atom stereocenters. The number of aromatic nitrogens is 5. The van der Waals surface area contributed by atoms with Gasteiger partial charge in [0, 0.05) is 24.9 Å². The smallest absolute Gasteiger partial charge is 0.269 e. The summed E-state index contributed by atoms with van der Waals surface area (Å²) >= 11 is 0. The lowest BCUT2D eigenvalue weighted by molar-refractivity contribution is 0.101. The first-order valence-corrected chi connectivity index (χ1v) is 6.19. The van der Waals surface area contributed by atoms with Crippen molar-refractivity contribution in [2.24, 2.45) is 0 Å². The van der Waals surface area contributed by atoms with E-state index in [4.69, 9.17) is 4.74 Å². The molecule has 2 heterocycles. The highest BCUT2D eigenvalue weighted by Gasteiger charge is 2.13. The van der Waals surface area contributed by atoms with Gasteiger partial charge in [-0.05, 0) is 17.7 Å². The summed E-state index contributed by atoms with van der Waals surface area (Å²) in [5.41, 5.74) is 2.13. The maximum atomic E-state index is 11.4. The Balaban J connectivity index is 1.82. The molecule has 0 aliphatic rings. The minimum absolute atomic E-state index is 0.165. The van der Waals surface area contributed by atoms with Gasteiger partial charge in [-0.2, -0.15) is 0 Å². The van der Waals surface area contributed by atoms with Crippen molar-refractivity contribution in [3.05, 3.63) is 48.7 Å². The molecule has 0 saturated carbocycles. The summed E-state index contributed by atoms with van der Waals surface area (Å²) in [6, 6.07) is 7.31. The van der Waals surface area contributed by atoms with E-state index in [1.54, 1.807) is 24.5 Å². The van der Waals surface area contributed by atoms with E-state index >= 15 is 0 Å². The molecule has 1 aromatic carbocycles. The second kappa shape index (κ2) is 5.49. The van der Waals surface area contributed by atoms with Crippen molar-refractivity contribution in [1.82, 2.24) is 25.4 Å². The number of nitrogens with one attached hydrogen (secondary N) is 1. The predicted molar refractivity (Wildman–Crippen MR) is 73.9 cm³/mol. The molecule has 3 rings (SSSR count). The van der Waals surface area contributed by atoms with Crippen LogP contribution in [0, 0.1) is 0 Å². The molecule has 0 bridgehead atoms. The topological polar surface area (TPSA) is 93.7 Å². The molecule has 2 aromatic heterocycles. The number of rotatable bonds is 4. The van der Waals surface area contributed by atoms with E-state index in [0.29, 0.717) is 5.75 Å². The van der Waals surface area contributed by atoms with Gasteiger partial charge in [-0.25, -0.2) is 9.97 Å². The number of H-pyrrole nitrogens is 1. The molecule has 1 N–H and O–H groups in total. The van der Waals surface area contributed by atoms with Gasteiger partial charge in [0.25, 0.3) is 5.88 Å². The van der Waals surface area contributed by atoms with Gasteiger partial charge in [0.15, 0.2) is 11.5 Å². The summed E-state index contributed by atoms with van der Waals surface area (Å²) in [4.78, 5) is 19.3. The van der Waals surface area contributed by atoms with Crippen molar-refractivity contribution >= 4 is 5.78 Å². The third kappa shape index (κ3) is 2.76. The molecule has 0 saturated heterocycles. The van der Waals surface area contributed by atoms with Crippen LogP contribution in [0.15, 0.2) is 43.0 Å². The fraction of sp³-hybridized carbons (Fsp3) is 0.0714. The van der Waals surface area contributed by atoms with Gasteiger partial charge < -0.3 is 4.74 Å². The van der Waals surface area contributed by atoms with Crippen molar-refractivity contribution in [2.75, 3.05) is 0 Å². The summed E-state index contributed by atoms with van der Waals surface area (Å²) in [6.45, 7) is 1.42. The van der Waals surface area contributed by atoms with Crippen molar-refractivity contribution in [3.8, 4) is 22.8 Å². The van der Waals surface area contributed by atoms with Gasteiger partial charge in [0.1, 0.15) is 12.1 Å². The van der Waals surface area contributed by atoms with E-state index in [2.05, 4.69) is 25.4 Å². The van der Waals surface area contributed by atoms with Crippen LogP contribution in [-0.2, 0) is 0 Å². The van der Waals surface area contributed by atoms with E-state index < -0.39 is 0 Å². The number of nitrogens with zero attached hydrogens (tertiary/aromatic N) is 4. The van der Waals surface area contributed by atoms with Crippen LogP contribution in [0.1, 0.15) is 17.4 Å². The third-order valence-corrected chi connectivity index (χ3v) is 2.83. The standard InChI is InChI=1S/C14H11N5O2/c1-9(20)13-14(18-19-17-13)21-12-4-2-10(3-5-12)11-6-15-8-16-7-11/h2-8H,1H3,(H,17,18,19). The molecule has 0 aliphatic carbocycles. The zero-order valence-electron chi connectivity index (χ0n) is 11.1. The number of ether oxygens (including phenoxy) is 1. The first kappa shape index (κ1) is 12.9. The minimum Gasteiger partial charge on any atom is -0.436 e. The average molecular weight is 281 g/mol. The number of carbonyl (C=O) groups is 1. The molecule has 104 valence electrons. The number of benzene rings is 1. The zero-order valence-corrected chi connectivity index (χ0v) is 11.1. The molecule has 21 heavy (non-hydrogen) atoms. The normalized spacial score (nSPS) is 10.3. The Morgan fingerprint density at radius 1 is 1.10 bits per heavy atom. The number of carbonyl (C=O) groups excluding carboxylic acids is 1. The monoisotopic (exact) mass is 281 g/mol. The summed E-state index contributed by atoms with van der Waals surface area (Å²) in [5.74, 6) is 0.540. The number of hydrogen-bond acceptors (Lipinski definition) is 6. The predicted octanol–water partition coefficient (Wildman–Crippen LogP) is 2.26. The van der Waals surface area contributed by atoms with Crippen molar-refractivity contribution < 1.29 is 9.53 Å². The molecular formula is C14H11N5O2. The van der Waals surface area contributed by atoms with Crippen LogP contribution >= 0.6 is 0 Å². The zero-order chi connectivity index (χ0) is 14.7. The maximum absolute atomic E-state index is 11.4. The van der Waals surface area contributed by atoms with Crippen LogP contribution in [0.5, 0.6) is 11.6 Å². The van der Waals surface area contributed by atoms with Crippen LogP contribution < -0.4 is 4.74 Å². The third-order valence-electron chi connectivity index (χ3n) is 2.83. The molecule has 0 fully saturated rings. The van der Waals surface area contributed by atoms with Gasteiger partial charge in [-0.15, -0.1) is 0 Å². The van der Waals surface area contributed by atoms with Gasteiger partial charge in [0.05, 0.1) is 0 Å². The molecular weight excluding hydrogens is 270 g/mol. The lowest BCUT2D eigenvalue weighted by Crippen LogP contribution is -1.96. The fourth-order valence-electron chi connectivity index (χ4n) is 1.79. The summed E-state index contributed by atoms with van der Waals surface area (Å²) < 4.78 is 5.54. The van der Waals surface area contributed by atoms with E-state index in [1.807, 2.05) is 12.1 Å². The van der Waals surface area contributed by atoms with E-state index in [0.717, 1.165) is 11.1 Å². The first-order valence-electron chi connectivity index (χ1n) is 6.19. The highest BCUT2D eigenvalue weighted by atomic mass is 16.5. The number of Topliss-reactive ketones (excluding diaryl/α,β-unsaturated/α-hetero) is 1. The SMILES string of the molecule is CC(=O)c1[nH]nnc1Oc1ccc(-c2cncnc2)cc1. The molecule has 0 amide bonds. The highest BCUT2D eigenvalue weighted by Crippen LogP contribution is 2.25. The maximum Gasteiger partial charge on any atom is 0.269 e. The molecule has 0 spiro atoms. The van der Waals surface area contributed by atoms with Crippen LogP contribution in [0.25, 0.3) is 11.1 Å². The molecule has 0 aliphatic heterocycles.